The molecule has 0 aromatic carbocycles. The smallest absolute Gasteiger partial charge is 0.462 e. The molecule has 1 aliphatic heterocycles. The van der Waals surface area contributed by atoms with Gasteiger partial charge in [0, 0.05) is 12.8 Å². The van der Waals surface area contributed by atoms with E-state index < -0.39 is 32.5 Å². The molecular weight excluding hydrogens is 679 g/mol. The van der Waals surface area contributed by atoms with Gasteiger partial charge in [-0.3, -0.25) is 14.1 Å². The van der Waals surface area contributed by atoms with Gasteiger partial charge in [0.25, 0.3) is 0 Å². The molecule has 1 saturated heterocycles. The number of hydrogen-bond acceptors (Lipinski definition) is 7. The van der Waals surface area contributed by atoms with Crippen molar-refractivity contribution in [1.82, 2.24) is 0 Å². The number of unbranched alkanes of at least 4 members (excludes halogenated alkanes) is 19. The Morgan fingerprint density at radius 2 is 1.06 bits per heavy atom. The van der Waals surface area contributed by atoms with E-state index in [-0.39, 0.29) is 31.7 Å². The van der Waals surface area contributed by atoms with Crippen molar-refractivity contribution in [2.45, 2.75) is 206 Å². The summed E-state index contributed by atoms with van der Waals surface area (Å²) in [5.74, 6) is -0.953. The summed E-state index contributed by atoms with van der Waals surface area (Å²) >= 11 is 0. The van der Waals surface area contributed by atoms with Crippen molar-refractivity contribution in [3.8, 4) is 0 Å². The van der Waals surface area contributed by atoms with Crippen molar-refractivity contribution in [1.29, 1.82) is 0 Å². The molecule has 2 N–H and O–H groups in total. The Morgan fingerprint density at radius 3 is 1.63 bits per heavy atom. The third kappa shape index (κ3) is 32.8. The van der Waals surface area contributed by atoms with Gasteiger partial charge in [0.05, 0.1) is 18.8 Å². The van der Waals surface area contributed by atoms with Crippen LogP contribution in [0.3, 0.4) is 0 Å². The van der Waals surface area contributed by atoms with Crippen molar-refractivity contribution in [3.05, 3.63) is 36.5 Å². The van der Waals surface area contributed by atoms with Crippen LogP contribution in [-0.4, -0.2) is 53.3 Å². The Balaban J connectivity index is 2.10. The molecule has 0 saturated carbocycles. The average molecular weight is 755 g/mol. The lowest BCUT2D eigenvalue weighted by molar-refractivity contribution is -0.161. The van der Waals surface area contributed by atoms with Crippen LogP contribution in [-0.2, 0) is 32.9 Å². The first-order chi connectivity index (χ1) is 25.2. The molecule has 1 heterocycles. The SMILES string of the molecule is CCCCC/C=C\C/C=C\CC1OC1C/C=C\CCCC(=O)OC[C@H](COP(=O)(O)O)OC(=O)CCCCCCCCCCCCCCCCCC. The molecule has 0 bridgehead atoms. The number of ether oxygens (including phenoxy) is 3. The van der Waals surface area contributed by atoms with E-state index in [0.717, 1.165) is 51.4 Å². The molecule has 0 aromatic rings. The maximum Gasteiger partial charge on any atom is 0.469 e. The fourth-order valence-corrected chi connectivity index (χ4v) is 6.41. The van der Waals surface area contributed by atoms with Crippen LogP contribution < -0.4 is 0 Å². The second kappa shape index (κ2) is 33.8. The first-order valence-corrected chi connectivity index (χ1v) is 22.4. The second-order valence-electron chi connectivity index (χ2n) is 14.4. The monoisotopic (exact) mass is 755 g/mol. The van der Waals surface area contributed by atoms with Crippen molar-refractivity contribution in [2.24, 2.45) is 0 Å². The Bertz CT molecular complexity index is 1010. The molecule has 0 radical (unpaired) electrons. The van der Waals surface area contributed by atoms with Crippen molar-refractivity contribution >= 4 is 19.8 Å². The van der Waals surface area contributed by atoms with Gasteiger partial charge in [-0.25, -0.2) is 4.57 Å². The molecular formula is C42H75O9P. The predicted octanol–water partition coefficient (Wildman–Crippen LogP) is 11.6. The maximum atomic E-state index is 12.4. The van der Waals surface area contributed by atoms with Gasteiger partial charge in [-0.1, -0.05) is 159 Å². The van der Waals surface area contributed by atoms with Crippen LogP contribution in [0.25, 0.3) is 0 Å². The molecule has 9 nitrogen and oxygen atoms in total. The molecule has 3 atom stereocenters. The van der Waals surface area contributed by atoms with E-state index in [4.69, 9.17) is 24.0 Å². The highest BCUT2D eigenvalue weighted by Gasteiger charge is 2.36. The van der Waals surface area contributed by atoms with Gasteiger partial charge < -0.3 is 24.0 Å². The minimum absolute atomic E-state index is 0.184. The molecule has 2 unspecified atom stereocenters. The first kappa shape index (κ1) is 48.2. The van der Waals surface area contributed by atoms with Gasteiger partial charge in [-0.15, -0.1) is 0 Å². The minimum atomic E-state index is -4.77. The number of allylic oxidation sites excluding steroid dienone is 4. The molecule has 1 aliphatic rings. The Morgan fingerprint density at radius 1 is 0.596 bits per heavy atom. The van der Waals surface area contributed by atoms with E-state index >= 15 is 0 Å². The Labute approximate surface area is 317 Å². The summed E-state index contributed by atoms with van der Waals surface area (Å²) in [5.41, 5.74) is 0. The summed E-state index contributed by atoms with van der Waals surface area (Å²) in [6, 6.07) is 0. The van der Waals surface area contributed by atoms with E-state index in [0.29, 0.717) is 12.8 Å². The van der Waals surface area contributed by atoms with Crippen LogP contribution in [0.4, 0.5) is 0 Å². The topological polar surface area (TPSA) is 132 Å². The lowest BCUT2D eigenvalue weighted by Gasteiger charge is -2.18. The number of phosphoric ester groups is 1. The number of rotatable bonds is 37. The quantitative estimate of drug-likeness (QED) is 0.0209. The van der Waals surface area contributed by atoms with Crippen LogP contribution >= 0.6 is 7.82 Å². The van der Waals surface area contributed by atoms with Crippen LogP contribution in [0.2, 0.25) is 0 Å². The summed E-state index contributed by atoms with van der Waals surface area (Å²) in [7, 11) is -4.77. The van der Waals surface area contributed by atoms with Crippen LogP contribution in [0.1, 0.15) is 187 Å². The van der Waals surface area contributed by atoms with Gasteiger partial charge in [-0.2, -0.15) is 0 Å². The molecule has 0 amide bonds. The standard InChI is InChI=1S/C42H75O9P/c1-3-5-7-9-11-13-14-15-16-17-18-19-21-23-25-31-35-42(44)50-38(37-49-52(45,46)47)36-48-41(43)34-30-27-26-29-33-40-39(51-40)32-28-24-22-20-12-10-8-6-4-2/h12,20,24,26,28-29,38-40H,3-11,13-19,21-23,25,27,30-37H2,1-2H3,(H2,45,46,47)/b20-12-,28-24-,29-26-/t38-,39?,40?/m1/s1. The Hall–Kier alpha value is -1.77. The zero-order chi connectivity index (χ0) is 38.0. The number of carbonyl (C=O) groups excluding carboxylic acids is 2. The highest BCUT2D eigenvalue weighted by atomic mass is 31.2. The average Bonchev–Trinajstić information content (AvgIpc) is 3.87. The molecule has 1 fully saturated rings. The number of carbonyl (C=O) groups is 2. The summed E-state index contributed by atoms with van der Waals surface area (Å²) in [4.78, 5) is 42.9. The minimum Gasteiger partial charge on any atom is -0.462 e. The zero-order valence-electron chi connectivity index (χ0n) is 32.9. The highest BCUT2D eigenvalue weighted by Crippen LogP contribution is 2.36. The predicted molar refractivity (Wildman–Crippen MR) is 211 cm³/mol. The molecule has 1 rings (SSSR count). The lowest BCUT2D eigenvalue weighted by Crippen LogP contribution is -2.29. The number of hydrogen-bond donors (Lipinski definition) is 2. The summed E-state index contributed by atoms with van der Waals surface area (Å²) in [6.45, 7) is 3.61. The second-order valence-corrected chi connectivity index (χ2v) is 15.6. The number of esters is 2. The van der Waals surface area contributed by atoms with Crippen molar-refractivity contribution < 1.29 is 42.7 Å². The van der Waals surface area contributed by atoms with Crippen molar-refractivity contribution in [3.63, 3.8) is 0 Å². The first-order valence-electron chi connectivity index (χ1n) is 20.9. The summed E-state index contributed by atoms with van der Waals surface area (Å²) in [5, 5.41) is 0. The van der Waals surface area contributed by atoms with Crippen LogP contribution in [0, 0.1) is 0 Å². The van der Waals surface area contributed by atoms with Gasteiger partial charge in [0.15, 0.2) is 6.10 Å². The third-order valence-corrected chi connectivity index (χ3v) is 9.80. The van der Waals surface area contributed by atoms with E-state index in [1.165, 1.54) is 96.3 Å². The van der Waals surface area contributed by atoms with E-state index in [2.05, 4.69) is 48.8 Å². The van der Waals surface area contributed by atoms with E-state index in [1.807, 2.05) is 6.08 Å². The van der Waals surface area contributed by atoms with Gasteiger partial charge in [0.1, 0.15) is 6.61 Å². The number of epoxide rings is 1. The molecule has 52 heavy (non-hydrogen) atoms. The zero-order valence-corrected chi connectivity index (χ0v) is 33.8. The molecule has 302 valence electrons. The summed E-state index contributed by atoms with van der Waals surface area (Å²) in [6.07, 6.45) is 41.8. The van der Waals surface area contributed by atoms with Crippen LogP contribution in [0.5, 0.6) is 0 Å². The van der Waals surface area contributed by atoms with E-state index in [1.54, 1.807) is 0 Å². The van der Waals surface area contributed by atoms with Gasteiger partial charge >= 0.3 is 19.8 Å². The molecule has 10 heteroatoms. The van der Waals surface area contributed by atoms with Crippen molar-refractivity contribution in [2.75, 3.05) is 13.2 Å². The molecule has 0 aliphatic carbocycles. The fraction of sp³-hybridized carbons (Fsp3) is 0.810. The van der Waals surface area contributed by atoms with Gasteiger partial charge in [-0.05, 0) is 51.4 Å². The lowest BCUT2D eigenvalue weighted by atomic mass is 10.0. The highest BCUT2D eigenvalue weighted by molar-refractivity contribution is 7.46. The maximum absolute atomic E-state index is 12.4. The third-order valence-electron chi connectivity index (χ3n) is 9.31. The molecule has 0 spiro atoms. The van der Waals surface area contributed by atoms with Crippen LogP contribution in [0.15, 0.2) is 36.5 Å². The van der Waals surface area contributed by atoms with E-state index in [9.17, 15) is 14.2 Å². The Kier molecular flexibility index (Phi) is 31.3. The normalized spacial score (nSPS) is 16.7. The summed E-state index contributed by atoms with van der Waals surface area (Å²) < 4.78 is 32.1. The van der Waals surface area contributed by atoms with Gasteiger partial charge in [0.2, 0.25) is 0 Å². The molecule has 0 aromatic heterocycles. The fourth-order valence-electron chi connectivity index (χ4n) is 6.05. The number of phosphoric acid groups is 1. The largest absolute Gasteiger partial charge is 0.469 e.